The fraction of sp³-hybridized carbons (Fsp3) is 0.364. The molecule has 0 saturated carbocycles. The lowest BCUT2D eigenvalue weighted by molar-refractivity contribution is -0.145. The SMILES string of the molecule is CCOC(=O)/C=C\SC1=C(C(=O)O)N2C(=O)C[C@H]2S1. The van der Waals surface area contributed by atoms with Crippen LogP contribution in [-0.2, 0) is 19.1 Å². The molecule has 0 aromatic rings. The van der Waals surface area contributed by atoms with Crippen molar-refractivity contribution >= 4 is 41.4 Å². The van der Waals surface area contributed by atoms with E-state index in [-0.39, 0.29) is 23.6 Å². The molecule has 0 aliphatic carbocycles. The van der Waals surface area contributed by atoms with Gasteiger partial charge < -0.3 is 9.84 Å². The third-order valence-corrected chi connectivity index (χ3v) is 4.77. The molecule has 0 spiro atoms. The van der Waals surface area contributed by atoms with Crippen molar-refractivity contribution in [2.45, 2.75) is 18.7 Å². The molecule has 2 rings (SSSR count). The summed E-state index contributed by atoms with van der Waals surface area (Å²) >= 11 is 2.44. The summed E-state index contributed by atoms with van der Waals surface area (Å²) in [7, 11) is 0. The Morgan fingerprint density at radius 2 is 2.37 bits per heavy atom. The van der Waals surface area contributed by atoms with Crippen LogP contribution in [0.15, 0.2) is 21.4 Å². The molecule has 6 nitrogen and oxygen atoms in total. The Labute approximate surface area is 117 Å². The maximum absolute atomic E-state index is 11.4. The van der Waals surface area contributed by atoms with Crippen LogP contribution in [0.25, 0.3) is 0 Å². The normalized spacial score (nSPS) is 21.6. The van der Waals surface area contributed by atoms with Crippen LogP contribution in [0.3, 0.4) is 0 Å². The molecule has 1 saturated heterocycles. The molecule has 0 aromatic heterocycles. The van der Waals surface area contributed by atoms with E-state index in [2.05, 4.69) is 0 Å². The van der Waals surface area contributed by atoms with Gasteiger partial charge in [0.15, 0.2) is 5.70 Å². The molecular formula is C11H11NO5S2. The summed E-state index contributed by atoms with van der Waals surface area (Å²) in [6.07, 6.45) is 1.59. The number of thioether (sulfide) groups is 2. The standard InChI is InChI=1S/C11H11NO5S2/c1-2-17-8(14)3-4-18-11-9(10(15)16)12-6(13)5-7(12)19-11/h3-4,7H,2,5H2,1H3,(H,15,16)/b4-3-/t7-/m1/s1. The van der Waals surface area contributed by atoms with Crippen LogP contribution in [-0.4, -0.2) is 39.8 Å². The van der Waals surface area contributed by atoms with E-state index in [1.165, 1.54) is 28.1 Å². The summed E-state index contributed by atoms with van der Waals surface area (Å²) in [5, 5.41) is 10.5. The Balaban J connectivity index is 2.05. The molecule has 1 amide bonds. The number of carbonyl (C=O) groups excluding carboxylic acids is 2. The Morgan fingerprint density at radius 3 is 2.95 bits per heavy atom. The molecule has 0 bridgehead atoms. The fourth-order valence-electron chi connectivity index (χ4n) is 1.64. The van der Waals surface area contributed by atoms with Crippen molar-refractivity contribution < 1.29 is 24.2 Å². The van der Waals surface area contributed by atoms with Crippen molar-refractivity contribution in [2.75, 3.05) is 6.61 Å². The van der Waals surface area contributed by atoms with E-state index in [4.69, 9.17) is 9.84 Å². The lowest BCUT2D eigenvalue weighted by Gasteiger charge is -2.33. The first-order valence-electron chi connectivity index (χ1n) is 5.50. The Bertz CT molecular complexity index is 499. The molecule has 0 aromatic carbocycles. The van der Waals surface area contributed by atoms with Gasteiger partial charge >= 0.3 is 11.9 Å². The predicted octanol–water partition coefficient (Wildman–Crippen LogP) is 1.36. The topological polar surface area (TPSA) is 83.9 Å². The first-order valence-corrected chi connectivity index (χ1v) is 7.26. The van der Waals surface area contributed by atoms with E-state index in [1.54, 1.807) is 6.92 Å². The number of aliphatic carboxylic acids is 1. The maximum atomic E-state index is 11.4. The number of hydrogen-bond acceptors (Lipinski definition) is 6. The molecule has 0 unspecified atom stereocenters. The molecule has 102 valence electrons. The molecular weight excluding hydrogens is 290 g/mol. The zero-order valence-corrected chi connectivity index (χ0v) is 11.6. The van der Waals surface area contributed by atoms with Gasteiger partial charge in [0.2, 0.25) is 5.91 Å². The number of fused-ring (bicyclic) bond motifs is 1. The Hall–Kier alpha value is -1.41. The molecule has 2 heterocycles. The van der Waals surface area contributed by atoms with Gasteiger partial charge in [0.1, 0.15) is 0 Å². The van der Waals surface area contributed by atoms with Crippen LogP contribution < -0.4 is 0 Å². The number of β-lactam (4-membered cyclic amide) rings is 1. The molecule has 2 aliphatic heterocycles. The van der Waals surface area contributed by atoms with Crippen LogP contribution >= 0.6 is 23.5 Å². The Kier molecular flexibility index (Phi) is 4.20. The number of carboxylic acid groups (broad SMARTS) is 1. The van der Waals surface area contributed by atoms with Crippen molar-refractivity contribution in [2.24, 2.45) is 0 Å². The van der Waals surface area contributed by atoms with Crippen molar-refractivity contribution in [1.82, 2.24) is 4.90 Å². The number of amides is 1. The van der Waals surface area contributed by atoms with E-state index in [0.29, 0.717) is 10.7 Å². The zero-order valence-electron chi connectivity index (χ0n) is 9.99. The van der Waals surface area contributed by atoms with Crippen LogP contribution in [0.4, 0.5) is 0 Å². The highest BCUT2D eigenvalue weighted by atomic mass is 32.2. The van der Waals surface area contributed by atoms with E-state index < -0.39 is 11.9 Å². The van der Waals surface area contributed by atoms with Crippen molar-refractivity contribution in [1.29, 1.82) is 0 Å². The number of nitrogens with zero attached hydrogens (tertiary/aromatic N) is 1. The quantitative estimate of drug-likeness (QED) is 0.466. The monoisotopic (exact) mass is 301 g/mol. The van der Waals surface area contributed by atoms with Crippen molar-refractivity contribution in [3.8, 4) is 0 Å². The van der Waals surface area contributed by atoms with Crippen molar-refractivity contribution in [3.63, 3.8) is 0 Å². The molecule has 1 fully saturated rings. The second-order valence-corrected chi connectivity index (χ2v) is 6.02. The smallest absolute Gasteiger partial charge is 0.354 e. The lowest BCUT2D eigenvalue weighted by Crippen LogP contribution is -2.48. The maximum Gasteiger partial charge on any atom is 0.354 e. The summed E-state index contributed by atoms with van der Waals surface area (Å²) in [5.74, 6) is -1.79. The molecule has 19 heavy (non-hydrogen) atoms. The summed E-state index contributed by atoms with van der Waals surface area (Å²) in [4.78, 5) is 34.9. The lowest BCUT2D eigenvalue weighted by atomic mass is 10.2. The first-order chi connectivity index (χ1) is 9.04. The minimum atomic E-state index is -1.13. The second kappa shape index (κ2) is 5.70. The average Bonchev–Trinajstić information content (AvgIpc) is 2.62. The van der Waals surface area contributed by atoms with Gasteiger partial charge in [-0.1, -0.05) is 23.5 Å². The number of carboxylic acids is 1. The average molecular weight is 301 g/mol. The van der Waals surface area contributed by atoms with Crippen LogP contribution in [0.2, 0.25) is 0 Å². The van der Waals surface area contributed by atoms with Gasteiger partial charge in [-0.15, -0.1) is 0 Å². The van der Waals surface area contributed by atoms with E-state index >= 15 is 0 Å². The predicted molar refractivity (Wildman–Crippen MR) is 70.9 cm³/mol. The summed E-state index contributed by atoms with van der Waals surface area (Å²) in [6, 6.07) is 0. The molecule has 1 N–H and O–H groups in total. The third-order valence-electron chi connectivity index (χ3n) is 2.45. The van der Waals surface area contributed by atoms with Gasteiger partial charge in [0, 0.05) is 6.08 Å². The first kappa shape index (κ1) is 14.0. The summed E-state index contributed by atoms with van der Waals surface area (Å²) in [5.41, 5.74) is 0.00441. The highest BCUT2D eigenvalue weighted by Gasteiger charge is 2.48. The zero-order chi connectivity index (χ0) is 14.0. The number of rotatable bonds is 5. The van der Waals surface area contributed by atoms with Crippen LogP contribution in [0, 0.1) is 0 Å². The van der Waals surface area contributed by atoms with Crippen molar-refractivity contribution in [3.05, 3.63) is 21.4 Å². The Morgan fingerprint density at radius 1 is 1.63 bits per heavy atom. The summed E-state index contributed by atoms with van der Waals surface area (Å²) in [6.45, 7) is 1.99. The summed E-state index contributed by atoms with van der Waals surface area (Å²) < 4.78 is 5.23. The second-order valence-electron chi connectivity index (χ2n) is 3.65. The van der Waals surface area contributed by atoms with Gasteiger partial charge in [0.25, 0.3) is 0 Å². The van der Waals surface area contributed by atoms with Gasteiger partial charge in [-0.2, -0.15) is 0 Å². The number of esters is 1. The number of hydrogen-bond donors (Lipinski definition) is 1. The molecule has 8 heteroatoms. The van der Waals surface area contributed by atoms with Gasteiger partial charge in [-0.05, 0) is 12.3 Å². The number of ether oxygens (including phenoxy) is 1. The fourth-order valence-corrected chi connectivity index (χ4v) is 4.06. The number of carbonyl (C=O) groups is 3. The molecule has 2 aliphatic rings. The minimum absolute atomic E-state index is 0.00441. The largest absolute Gasteiger partial charge is 0.477 e. The van der Waals surface area contributed by atoms with E-state index in [0.717, 1.165) is 11.8 Å². The highest BCUT2D eigenvalue weighted by molar-refractivity contribution is 8.24. The molecule has 1 atom stereocenters. The minimum Gasteiger partial charge on any atom is -0.477 e. The van der Waals surface area contributed by atoms with E-state index in [1.807, 2.05) is 0 Å². The van der Waals surface area contributed by atoms with Gasteiger partial charge in [-0.3, -0.25) is 9.69 Å². The van der Waals surface area contributed by atoms with Crippen LogP contribution in [0.1, 0.15) is 13.3 Å². The van der Waals surface area contributed by atoms with Gasteiger partial charge in [0.05, 0.1) is 22.6 Å². The highest BCUT2D eigenvalue weighted by Crippen LogP contribution is 2.50. The van der Waals surface area contributed by atoms with Gasteiger partial charge in [-0.25, -0.2) is 9.59 Å². The third kappa shape index (κ3) is 2.79. The van der Waals surface area contributed by atoms with Crippen LogP contribution in [0.5, 0.6) is 0 Å². The van der Waals surface area contributed by atoms with E-state index in [9.17, 15) is 14.4 Å². The molecule has 0 radical (unpaired) electrons.